The minimum Gasteiger partial charge on any atom is -0.355 e. The summed E-state index contributed by atoms with van der Waals surface area (Å²) in [6.45, 7) is 1.84. The highest BCUT2D eigenvalue weighted by molar-refractivity contribution is 5.77. The summed E-state index contributed by atoms with van der Waals surface area (Å²) in [4.78, 5) is 24.6. The van der Waals surface area contributed by atoms with Crippen molar-refractivity contribution in [3.8, 4) is 0 Å². The van der Waals surface area contributed by atoms with Gasteiger partial charge in [0.2, 0.25) is 11.8 Å². The van der Waals surface area contributed by atoms with E-state index in [0.717, 1.165) is 32.2 Å². The van der Waals surface area contributed by atoms with Crippen LogP contribution in [0.1, 0.15) is 31.2 Å². The van der Waals surface area contributed by atoms with Crippen molar-refractivity contribution in [2.75, 3.05) is 26.7 Å². The Kier molecular flexibility index (Phi) is 9.66. The SMILES string of the molecule is CN(CCCCCC(=O)NO)CC(=O)NCCc1ccccc1. The van der Waals surface area contributed by atoms with E-state index in [1.165, 1.54) is 5.56 Å². The second kappa shape index (κ2) is 11.6. The van der Waals surface area contributed by atoms with Crippen LogP contribution in [0.3, 0.4) is 0 Å². The quantitative estimate of drug-likeness (QED) is 0.326. The number of hydrogen-bond acceptors (Lipinski definition) is 4. The molecule has 0 bridgehead atoms. The van der Waals surface area contributed by atoms with Gasteiger partial charge in [-0.25, -0.2) is 5.48 Å². The van der Waals surface area contributed by atoms with Crippen molar-refractivity contribution in [1.29, 1.82) is 0 Å². The van der Waals surface area contributed by atoms with Crippen LogP contribution >= 0.6 is 0 Å². The number of hydroxylamine groups is 1. The highest BCUT2D eigenvalue weighted by atomic mass is 16.5. The highest BCUT2D eigenvalue weighted by Gasteiger charge is 2.06. The van der Waals surface area contributed by atoms with Gasteiger partial charge in [-0.05, 0) is 38.4 Å². The van der Waals surface area contributed by atoms with Gasteiger partial charge in [-0.15, -0.1) is 0 Å². The van der Waals surface area contributed by atoms with E-state index >= 15 is 0 Å². The molecule has 1 rings (SSSR count). The summed E-state index contributed by atoms with van der Waals surface area (Å²) in [7, 11) is 1.91. The van der Waals surface area contributed by atoms with Crippen LogP contribution in [0.2, 0.25) is 0 Å². The summed E-state index contributed by atoms with van der Waals surface area (Å²) in [6, 6.07) is 10.1. The molecule has 128 valence electrons. The lowest BCUT2D eigenvalue weighted by Gasteiger charge is -2.16. The summed E-state index contributed by atoms with van der Waals surface area (Å²) in [5.41, 5.74) is 2.84. The summed E-state index contributed by atoms with van der Waals surface area (Å²) >= 11 is 0. The van der Waals surface area contributed by atoms with Gasteiger partial charge in [0.05, 0.1) is 6.54 Å². The fourth-order valence-electron chi connectivity index (χ4n) is 2.27. The number of hydrogen-bond donors (Lipinski definition) is 3. The van der Waals surface area contributed by atoms with E-state index in [0.29, 0.717) is 19.5 Å². The molecule has 1 aromatic rings. The molecule has 0 aromatic heterocycles. The van der Waals surface area contributed by atoms with Gasteiger partial charge in [0.15, 0.2) is 0 Å². The van der Waals surface area contributed by atoms with E-state index in [4.69, 9.17) is 5.21 Å². The number of likely N-dealkylation sites (N-methyl/N-ethyl adjacent to an activating group) is 1. The van der Waals surface area contributed by atoms with E-state index in [9.17, 15) is 9.59 Å². The van der Waals surface area contributed by atoms with E-state index < -0.39 is 0 Å². The van der Waals surface area contributed by atoms with Crippen LogP contribution in [-0.4, -0.2) is 48.6 Å². The van der Waals surface area contributed by atoms with E-state index in [1.807, 2.05) is 30.1 Å². The van der Waals surface area contributed by atoms with Crippen LogP contribution in [0.5, 0.6) is 0 Å². The van der Waals surface area contributed by atoms with Crippen LogP contribution in [0.25, 0.3) is 0 Å². The number of amides is 2. The van der Waals surface area contributed by atoms with Gasteiger partial charge in [0.25, 0.3) is 0 Å². The second-order valence-electron chi connectivity index (χ2n) is 5.67. The molecular formula is C17H27N3O3. The summed E-state index contributed by atoms with van der Waals surface area (Å²) in [6.07, 6.45) is 3.73. The molecule has 3 N–H and O–H groups in total. The summed E-state index contributed by atoms with van der Waals surface area (Å²) in [5.74, 6) is -0.320. The Morgan fingerprint density at radius 3 is 2.52 bits per heavy atom. The predicted molar refractivity (Wildman–Crippen MR) is 89.0 cm³/mol. The average Bonchev–Trinajstić information content (AvgIpc) is 2.55. The smallest absolute Gasteiger partial charge is 0.243 e. The molecule has 0 aliphatic rings. The molecule has 0 aliphatic carbocycles. The third kappa shape index (κ3) is 9.65. The summed E-state index contributed by atoms with van der Waals surface area (Å²) < 4.78 is 0. The van der Waals surface area contributed by atoms with Crippen molar-refractivity contribution in [2.24, 2.45) is 0 Å². The van der Waals surface area contributed by atoms with Crippen molar-refractivity contribution in [3.63, 3.8) is 0 Å². The molecule has 0 aliphatic heterocycles. The van der Waals surface area contributed by atoms with Crippen molar-refractivity contribution < 1.29 is 14.8 Å². The maximum atomic E-state index is 11.8. The van der Waals surface area contributed by atoms with Crippen LogP contribution in [0, 0.1) is 0 Å². The molecule has 0 radical (unpaired) electrons. The first kappa shape index (κ1) is 19.1. The van der Waals surface area contributed by atoms with E-state index in [1.54, 1.807) is 5.48 Å². The first-order chi connectivity index (χ1) is 11.1. The topological polar surface area (TPSA) is 81.7 Å². The minimum absolute atomic E-state index is 0.0306. The van der Waals surface area contributed by atoms with Gasteiger partial charge in [-0.3, -0.25) is 19.7 Å². The zero-order valence-electron chi connectivity index (χ0n) is 13.8. The number of carbonyl (C=O) groups is 2. The molecule has 2 amide bonds. The highest BCUT2D eigenvalue weighted by Crippen LogP contribution is 2.01. The first-order valence-corrected chi connectivity index (χ1v) is 8.04. The van der Waals surface area contributed by atoms with Crippen LogP contribution in [0.4, 0.5) is 0 Å². The van der Waals surface area contributed by atoms with Gasteiger partial charge in [-0.1, -0.05) is 36.8 Å². The van der Waals surface area contributed by atoms with Crippen molar-refractivity contribution >= 4 is 11.8 Å². The average molecular weight is 321 g/mol. The molecule has 23 heavy (non-hydrogen) atoms. The Morgan fingerprint density at radius 1 is 1.09 bits per heavy atom. The number of unbranched alkanes of at least 4 members (excludes halogenated alkanes) is 2. The molecule has 0 heterocycles. The molecule has 0 spiro atoms. The number of rotatable bonds is 11. The molecule has 0 saturated heterocycles. The van der Waals surface area contributed by atoms with Gasteiger partial charge in [0.1, 0.15) is 0 Å². The van der Waals surface area contributed by atoms with E-state index in [-0.39, 0.29) is 11.8 Å². The van der Waals surface area contributed by atoms with Crippen LogP contribution in [0.15, 0.2) is 30.3 Å². The minimum atomic E-state index is -0.351. The molecule has 0 saturated carbocycles. The zero-order chi connectivity index (χ0) is 16.9. The van der Waals surface area contributed by atoms with Gasteiger partial charge >= 0.3 is 0 Å². The van der Waals surface area contributed by atoms with Gasteiger partial charge in [0, 0.05) is 13.0 Å². The molecule has 1 aromatic carbocycles. The number of nitrogens with one attached hydrogen (secondary N) is 2. The number of nitrogens with zero attached hydrogens (tertiary/aromatic N) is 1. The molecular weight excluding hydrogens is 294 g/mol. The lowest BCUT2D eigenvalue weighted by molar-refractivity contribution is -0.129. The third-order valence-corrected chi connectivity index (χ3v) is 3.56. The lowest BCUT2D eigenvalue weighted by atomic mass is 10.1. The molecule has 0 atom stereocenters. The maximum Gasteiger partial charge on any atom is 0.243 e. The van der Waals surface area contributed by atoms with Crippen molar-refractivity contribution in [1.82, 2.24) is 15.7 Å². The predicted octanol–water partition coefficient (Wildman–Crippen LogP) is 1.34. The monoisotopic (exact) mass is 321 g/mol. The van der Waals surface area contributed by atoms with Crippen molar-refractivity contribution in [2.45, 2.75) is 32.1 Å². The van der Waals surface area contributed by atoms with E-state index in [2.05, 4.69) is 17.4 Å². The van der Waals surface area contributed by atoms with Gasteiger partial charge < -0.3 is 5.32 Å². The third-order valence-electron chi connectivity index (χ3n) is 3.56. The normalized spacial score (nSPS) is 10.6. The Morgan fingerprint density at radius 2 is 1.83 bits per heavy atom. The molecule has 6 nitrogen and oxygen atoms in total. The van der Waals surface area contributed by atoms with Crippen LogP contribution in [-0.2, 0) is 16.0 Å². The fraction of sp³-hybridized carbons (Fsp3) is 0.529. The molecule has 0 fully saturated rings. The van der Waals surface area contributed by atoms with Gasteiger partial charge in [-0.2, -0.15) is 0 Å². The van der Waals surface area contributed by atoms with Crippen LogP contribution < -0.4 is 10.8 Å². The molecule has 0 unspecified atom stereocenters. The van der Waals surface area contributed by atoms with Crippen molar-refractivity contribution in [3.05, 3.63) is 35.9 Å². The Labute approximate surface area is 137 Å². The Balaban J connectivity index is 2.03. The standard InChI is InChI=1S/C17H27N3O3/c1-20(13-7-3-6-10-16(21)19-23)14-17(22)18-12-11-15-8-4-2-5-9-15/h2,4-5,8-9,23H,3,6-7,10-14H2,1H3,(H,18,22)(H,19,21). The number of carbonyl (C=O) groups excluding carboxylic acids is 2. The maximum absolute atomic E-state index is 11.8. The number of benzene rings is 1. The fourth-order valence-corrected chi connectivity index (χ4v) is 2.27. The zero-order valence-corrected chi connectivity index (χ0v) is 13.8. The second-order valence-corrected chi connectivity index (χ2v) is 5.67. The molecule has 6 heteroatoms. The Bertz CT molecular complexity index is 465. The first-order valence-electron chi connectivity index (χ1n) is 8.04. The summed E-state index contributed by atoms with van der Waals surface area (Å²) in [5, 5.41) is 11.3. The Hall–Kier alpha value is -1.92. The largest absolute Gasteiger partial charge is 0.355 e. The lowest BCUT2D eigenvalue weighted by Crippen LogP contribution is -2.36.